The molecule has 0 saturated heterocycles. The molecule has 0 N–H and O–H groups in total. The lowest BCUT2D eigenvalue weighted by Gasteiger charge is -2.25. The number of alkyl halides is 3. The van der Waals surface area contributed by atoms with Crippen molar-refractivity contribution in [1.82, 2.24) is 0 Å². The van der Waals surface area contributed by atoms with Crippen LogP contribution >= 0.6 is 0 Å². The molecule has 0 unspecified atom stereocenters. The minimum atomic E-state index is -5.87. The van der Waals surface area contributed by atoms with Crippen molar-refractivity contribution >= 4 is 109 Å². The third-order valence-corrected chi connectivity index (χ3v) is 9.75. The highest BCUT2D eigenvalue weighted by atomic mass is 32.2. The molecule has 6 aromatic rings. The highest BCUT2D eigenvalue weighted by Crippen LogP contribution is 2.45. The van der Waals surface area contributed by atoms with Crippen LogP contribution in [0.2, 0.25) is 0 Å². The summed E-state index contributed by atoms with van der Waals surface area (Å²) >= 11 is 0. The van der Waals surface area contributed by atoms with Crippen molar-refractivity contribution in [3.05, 3.63) is 84.9 Å². The maximum atomic E-state index is 13.3. The molecule has 0 amide bonds. The van der Waals surface area contributed by atoms with Gasteiger partial charge in [0.05, 0.1) is 0 Å². The second-order valence-corrected chi connectivity index (χ2v) is 12.6. The second-order valence-electron chi connectivity index (χ2n) is 11.0. The van der Waals surface area contributed by atoms with Gasteiger partial charge in [-0.05, 0) is 66.7 Å². The van der Waals surface area contributed by atoms with Crippen LogP contribution in [0.5, 0.6) is 5.75 Å². The van der Waals surface area contributed by atoms with Gasteiger partial charge in [0, 0.05) is 0 Å². The topological polar surface area (TPSA) is 43.4 Å². The maximum Gasteiger partial charge on any atom is 0.534 e. The van der Waals surface area contributed by atoms with Gasteiger partial charge in [0.25, 0.3) is 0 Å². The minimum Gasteiger partial charge on any atom is -0.376 e. The molecule has 0 saturated carbocycles. The summed E-state index contributed by atoms with van der Waals surface area (Å²) in [4.78, 5) is 0. The summed E-state index contributed by atoms with van der Waals surface area (Å²) in [7, 11) is 4.87. The Labute approximate surface area is 252 Å². The predicted octanol–water partition coefficient (Wildman–Crippen LogP) is 0.000600. The Morgan fingerprint density at radius 3 is 1.44 bits per heavy atom. The fourth-order valence-corrected chi connectivity index (χ4v) is 6.72. The lowest BCUT2D eigenvalue weighted by atomic mass is 9.59. The van der Waals surface area contributed by atoms with E-state index in [9.17, 15) is 21.6 Å². The van der Waals surface area contributed by atoms with Gasteiger partial charge in [0.1, 0.15) is 45.0 Å². The first-order valence-electron chi connectivity index (χ1n) is 13.9. The molecule has 0 aliphatic heterocycles. The summed E-state index contributed by atoms with van der Waals surface area (Å²) in [6.07, 6.45) is 0. The average Bonchev–Trinajstić information content (AvgIpc) is 2.97. The molecule has 0 spiro atoms. The number of benzene rings is 6. The fourth-order valence-electron chi connectivity index (χ4n) is 6.27. The third kappa shape index (κ3) is 4.63. The number of hydrogen-bond acceptors (Lipinski definition) is 3. The Bertz CT molecular complexity index is 2150. The van der Waals surface area contributed by atoms with Gasteiger partial charge in [0.2, 0.25) is 0 Å². The predicted molar refractivity (Wildman–Crippen MR) is 186 cm³/mol. The molecular weight excluding hydrogens is 563 g/mol. The largest absolute Gasteiger partial charge is 0.534 e. The molecule has 0 heterocycles. The zero-order valence-electron chi connectivity index (χ0n) is 24.3. The van der Waals surface area contributed by atoms with Crippen LogP contribution in [-0.4, -0.2) is 53.2 Å². The standard InChI is InChI=1S/C31H24B5F3O3S/c32-26-25(27(33)29(35)30(36)28(26)34)24-20-11-5-3-9-18(20)23(19-10-4-6-12-21(19)24)22-14-16(42-43(40,41)31(37,38)39)13-15-7-1-2-8-17(15)22/h1-14H,32-36H2. The van der Waals surface area contributed by atoms with Gasteiger partial charge >= 0.3 is 15.6 Å². The van der Waals surface area contributed by atoms with Crippen molar-refractivity contribution < 1.29 is 25.8 Å². The van der Waals surface area contributed by atoms with Crippen LogP contribution in [0.1, 0.15) is 0 Å². The van der Waals surface area contributed by atoms with Crippen LogP contribution in [0, 0.1) is 0 Å². The highest BCUT2D eigenvalue weighted by Gasteiger charge is 2.48. The fraction of sp³-hybridized carbons (Fsp3) is 0.0323. The van der Waals surface area contributed by atoms with Gasteiger partial charge in [-0.2, -0.15) is 21.6 Å². The van der Waals surface area contributed by atoms with Crippen molar-refractivity contribution in [3.63, 3.8) is 0 Å². The number of fused-ring (bicyclic) bond motifs is 3. The SMILES string of the molecule is Bc1c(B)c(B)c(-c2c3ccccc3c(-c3cc(OS(=O)(=O)C(F)(F)F)cc4ccccc34)c3ccccc23)c(B)c1B. The Balaban J connectivity index is 1.78. The molecule has 12 heteroatoms. The molecule has 208 valence electrons. The van der Waals surface area contributed by atoms with E-state index in [0.717, 1.165) is 43.6 Å². The van der Waals surface area contributed by atoms with Gasteiger partial charge in [-0.1, -0.05) is 83.7 Å². The van der Waals surface area contributed by atoms with Crippen LogP contribution < -0.4 is 31.5 Å². The van der Waals surface area contributed by atoms with Crippen LogP contribution in [0.25, 0.3) is 54.6 Å². The Kier molecular flexibility index (Phi) is 6.96. The van der Waals surface area contributed by atoms with E-state index in [0.29, 0.717) is 10.9 Å². The molecule has 0 aliphatic carbocycles. The Morgan fingerprint density at radius 1 is 0.535 bits per heavy atom. The van der Waals surface area contributed by atoms with E-state index in [1.54, 1.807) is 12.1 Å². The Morgan fingerprint density at radius 2 is 0.953 bits per heavy atom. The van der Waals surface area contributed by atoms with Crippen molar-refractivity contribution in [1.29, 1.82) is 0 Å². The molecule has 0 fully saturated rings. The van der Waals surface area contributed by atoms with E-state index in [2.05, 4.69) is 55.5 Å². The number of halogens is 3. The quantitative estimate of drug-likeness (QED) is 0.126. The van der Waals surface area contributed by atoms with Gasteiger partial charge in [-0.15, -0.1) is 16.4 Å². The zero-order chi connectivity index (χ0) is 30.8. The zero-order valence-corrected chi connectivity index (χ0v) is 25.2. The third-order valence-electron chi connectivity index (χ3n) is 8.78. The lowest BCUT2D eigenvalue weighted by Crippen LogP contribution is -2.55. The van der Waals surface area contributed by atoms with E-state index in [-0.39, 0.29) is 0 Å². The molecular formula is C31H24B5F3O3S. The molecule has 3 nitrogen and oxygen atoms in total. The molecule has 0 atom stereocenters. The summed E-state index contributed by atoms with van der Waals surface area (Å²) in [5, 5.41) is 5.09. The highest BCUT2D eigenvalue weighted by molar-refractivity contribution is 7.88. The summed E-state index contributed by atoms with van der Waals surface area (Å²) in [5.74, 6) is -0.403. The van der Waals surface area contributed by atoms with E-state index < -0.39 is 21.4 Å². The van der Waals surface area contributed by atoms with E-state index in [4.69, 9.17) is 0 Å². The molecule has 6 rings (SSSR count). The summed E-state index contributed by atoms with van der Waals surface area (Å²) < 4.78 is 68.7. The van der Waals surface area contributed by atoms with E-state index in [1.807, 2.05) is 48.5 Å². The van der Waals surface area contributed by atoms with Crippen LogP contribution in [0.4, 0.5) is 13.2 Å². The normalized spacial score (nSPS) is 12.3. The van der Waals surface area contributed by atoms with Gasteiger partial charge in [-0.25, -0.2) is 0 Å². The first kappa shape index (κ1) is 29.1. The smallest absolute Gasteiger partial charge is 0.376 e. The summed E-state index contributed by atoms with van der Waals surface area (Å²) in [6.45, 7) is 0. The molecule has 0 aromatic heterocycles. The molecule has 0 radical (unpaired) electrons. The number of hydrogen-bond donors (Lipinski definition) is 0. The van der Waals surface area contributed by atoms with Crippen molar-refractivity contribution in [2.24, 2.45) is 0 Å². The number of rotatable bonds is 4. The molecule has 0 aliphatic rings. The first-order valence-corrected chi connectivity index (χ1v) is 15.3. The molecule has 6 aromatic carbocycles. The van der Waals surface area contributed by atoms with E-state index in [1.165, 1.54) is 39.4 Å². The molecule has 0 bridgehead atoms. The van der Waals surface area contributed by atoms with Gasteiger partial charge in [-0.3, -0.25) is 0 Å². The molecule has 43 heavy (non-hydrogen) atoms. The van der Waals surface area contributed by atoms with Crippen LogP contribution in [-0.2, 0) is 10.1 Å². The van der Waals surface area contributed by atoms with Crippen LogP contribution in [0.15, 0.2) is 84.9 Å². The first-order chi connectivity index (χ1) is 20.3. The Hall–Kier alpha value is -4.04. The van der Waals surface area contributed by atoms with Crippen LogP contribution in [0.3, 0.4) is 0 Å². The van der Waals surface area contributed by atoms with Crippen molar-refractivity contribution in [3.8, 4) is 28.0 Å². The van der Waals surface area contributed by atoms with Crippen molar-refractivity contribution in [2.75, 3.05) is 0 Å². The summed E-state index contributed by atoms with van der Waals surface area (Å²) in [5.41, 5.74) is 4.19. The average molecular weight is 588 g/mol. The lowest BCUT2D eigenvalue weighted by molar-refractivity contribution is -0.0500. The van der Waals surface area contributed by atoms with Gasteiger partial charge < -0.3 is 4.18 Å². The summed E-state index contributed by atoms with van der Waals surface area (Å²) in [6, 6.07) is 25.9. The van der Waals surface area contributed by atoms with Gasteiger partial charge in [0.15, 0.2) is 0 Å². The second kappa shape index (κ2) is 10.3. The minimum absolute atomic E-state index is 0.403. The van der Waals surface area contributed by atoms with Crippen molar-refractivity contribution in [2.45, 2.75) is 5.51 Å². The maximum absolute atomic E-state index is 13.3. The van der Waals surface area contributed by atoms with E-state index >= 15 is 0 Å². The monoisotopic (exact) mass is 588 g/mol.